The van der Waals surface area contributed by atoms with E-state index in [0.717, 1.165) is 0 Å². The number of carbonyl (C=O) groups excluding carboxylic acids is 2. The Morgan fingerprint density at radius 2 is 1.80 bits per heavy atom. The Morgan fingerprint density at radius 1 is 1.20 bits per heavy atom. The van der Waals surface area contributed by atoms with Crippen molar-refractivity contribution in [2.45, 2.75) is 40.2 Å². The lowest BCUT2D eigenvalue weighted by Crippen LogP contribution is -2.46. The highest BCUT2D eigenvalue weighted by atomic mass is 16.5. The van der Waals surface area contributed by atoms with Crippen LogP contribution < -0.4 is 10.6 Å². The molecule has 0 spiro atoms. The van der Waals surface area contributed by atoms with Crippen LogP contribution in [0.4, 0.5) is 4.79 Å². The fourth-order valence-corrected chi connectivity index (χ4v) is 1.63. The summed E-state index contributed by atoms with van der Waals surface area (Å²) in [5, 5.41) is 13.9. The van der Waals surface area contributed by atoms with Gasteiger partial charge in [-0.2, -0.15) is 0 Å². The first kappa shape index (κ1) is 18.2. The molecule has 0 fully saturated rings. The molecule has 0 aliphatic carbocycles. The summed E-state index contributed by atoms with van der Waals surface area (Å²) in [6, 6.07) is -1.36. The summed E-state index contributed by atoms with van der Waals surface area (Å²) in [5.74, 6) is -1.89. The van der Waals surface area contributed by atoms with Crippen molar-refractivity contribution in [3.63, 3.8) is 0 Å². The molecule has 0 radical (unpaired) electrons. The lowest BCUT2D eigenvalue weighted by atomic mass is 9.97. The van der Waals surface area contributed by atoms with Crippen molar-refractivity contribution in [2.24, 2.45) is 11.8 Å². The second-order valence-corrected chi connectivity index (χ2v) is 4.99. The molecule has 0 heterocycles. The molecule has 2 amide bonds. The second kappa shape index (κ2) is 9.17. The van der Waals surface area contributed by atoms with Crippen molar-refractivity contribution in [1.29, 1.82) is 0 Å². The molecule has 0 bridgehead atoms. The minimum Gasteiger partial charge on any atom is -0.481 e. The normalized spacial score (nSPS) is 13.4. The van der Waals surface area contributed by atoms with Crippen LogP contribution in [-0.2, 0) is 14.3 Å². The maximum atomic E-state index is 11.6. The van der Waals surface area contributed by atoms with Gasteiger partial charge in [-0.15, -0.1) is 0 Å². The van der Waals surface area contributed by atoms with E-state index in [1.165, 1.54) is 6.92 Å². The van der Waals surface area contributed by atoms with Gasteiger partial charge in [0.1, 0.15) is 6.04 Å². The molecule has 7 nitrogen and oxygen atoms in total. The largest absolute Gasteiger partial charge is 0.481 e. The first-order valence-corrected chi connectivity index (χ1v) is 6.71. The molecule has 2 atom stereocenters. The van der Waals surface area contributed by atoms with Crippen LogP contribution in [0.2, 0.25) is 0 Å². The summed E-state index contributed by atoms with van der Waals surface area (Å²) in [6.07, 6.45) is 0.475. The molecule has 0 aromatic heterocycles. The SMILES string of the molecule is CCOC(=O)C(C)NC(=O)NCC(CC(C)C)C(=O)O. The smallest absolute Gasteiger partial charge is 0.328 e. The fraction of sp³-hybridized carbons (Fsp3) is 0.769. The van der Waals surface area contributed by atoms with E-state index in [1.54, 1.807) is 6.92 Å². The van der Waals surface area contributed by atoms with E-state index >= 15 is 0 Å². The van der Waals surface area contributed by atoms with Gasteiger partial charge in [0.25, 0.3) is 0 Å². The van der Waals surface area contributed by atoms with Gasteiger partial charge < -0.3 is 20.5 Å². The van der Waals surface area contributed by atoms with Gasteiger partial charge in [-0.3, -0.25) is 4.79 Å². The molecule has 7 heteroatoms. The fourth-order valence-electron chi connectivity index (χ4n) is 1.63. The third-order valence-corrected chi connectivity index (χ3v) is 2.60. The number of carbonyl (C=O) groups is 3. The number of ether oxygens (including phenoxy) is 1. The first-order valence-electron chi connectivity index (χ1n) is 6.71. The lowest BCUT2D eigenvalue weighted by Gasteiger charge is -2.17. The van der Waals surface area contributed by atoms with Gasteiger partial charge in [-0.25, -0.2) is 9.59 Å². The summed E-state index contributed by atoms with van der Waals surface area (Å²) in [4.78, 5) is 33.9. The summed E-state index contributed by atoms with van der Waals surface area (Å²) >= 11 is 0. The van der Waals surface area contributed by atoms with Crippen LogP contribution in [0.3, 0.4) is 0 Å². The van der Waals surface area contributed by atoms with Crippen LogP contribution in [-0.4, -0.2) is 42.3 Å². The Bertz CT molecular complexity index is 344. The zero-order chi connectivity index (χ0) is 15.7. The maximum Gasteiger partial charge on any atom is 0.328 e. The zero-order valence-electron chi connectivity index (χ0n) is 12.4. The van der Waals surface area contributed by atoms with Gasteiger partial charge in [0.2, 0.25) is 0 Å². The Labute approximate surface area is 119 Å². The lowest BCUT2D eigenvalue weighted by molar-refractivity contribution is -0.145. The van der Waals surface area contributed by atoms with Crippen molar-refractivity contribution in [3.05, 3.63) is 0 Å². The highest BCUT2D eigenvalue weighted by molar-refractivity contribution is 5.83. The first-order chi connectivity index (χ1) is 9.27. The predicted molar refractivity (Wildman–Crippen MR) is 73.2 cm³/mol. The summed E-state index contributed by atoms with van der Waals surface area (Å²) < 4.78 is 4.75. The van der Waals surface area contributed by atoms with Crippen molar-refractivity contribution >= 4 is 18.0 Å². The third kappa shape index (κ3) is 7.60. The van der Waals surface area contributed by atoms with Gasteiger partial charge in [0.15, 0.2) is 0 Å². The predicted octanol–water partition coefficient (Wildman–Crippen LogP) is 0.984. The van der Waals surface area contributed by atoms with Crippen molar-refractivity contribution < 1.29 is 24.2 Å². The highest BCUT2D eigenvalue weighted by Crippen LogP contribution is 2.10. The number of urea groups is 1. The summed E-state index contributed by atoms with van der Waals surface area (Å²) in [5.41, 5.74) is 0. The molecule has 0 rings (SSSR count). The quantitative estimate of drug-likeness (QED) is 0.578. The number of aliphatic carboxylic acids is 1. The van der Waals surface area contributed by atoms with Crippen LogP contribution >= 0.6 is 0 Å². The van der Waals surface area contributed by atoms with E-state index in [0.29, 0.717) is 6.42 Å². The van der Waals surface area contributed by atoms with Crippen molar-refractivity contribution in [3.8, 4) is 0 Å². The molecule has 20 heavy (non-hydrogen) atoms. The van der Waals surface area contributed by atoms with Crippen molar-refractivity contribution in [2.75, 3.05) is 13.2 Å². The Morgan fingerprint density at radius 3 is 2.25 bits per heavy atom. The molecule has 0 saturated heterocycles. The van der Waals surface area contributed by atoms with Crippen LogP contribution in [0.15, 0.2) is 0 Å². The van der Waals surface area contributed by atoms with E-state index in [-0.39, 0.29) is 19.1 Å². The number of hydrogen-bond donors (Lipinski definition) is 3. The van der Waals surface area contributed by atoms with Crippen molar-refractivity contribution in [1.82, 2.24) is 10.6 Å². The van der Waals surface area contributed by atoms with E-state index in [1.807, 2.05) is 13.8 Å². The standard InChI is InChI=1S/C13H24N2O5/c1-5-20-12(18)9(4)15-13(19)14-7-10(11(16)17)6-8(2)3/h8-10H,5-7H2,1-4H3,(H,16,17)(H2,14,15,19). The molecule has 0 aliphatic rings. The molecule has 0 aromatic carbocycles. The van der Waals surface area contributed by atoms with Crippen LogP contribution in [0, 0.1) is 11.8 Å². The van der Waals surface area contributed by atoms with E-state index in [4.69, 9.17) is 9.84 Å². The van der Waals surface area contributed by atoms with E-state index in [2.05, 4.69) is 10.6 Å². The van der Waals surface area contributed by atoms with Gasteiger partial charge in [0, 0.05) is 6.54 Å². The molecular formula is C13H24N2O5. The molecule has 116 valence electrons. The van der Waals surface area contributed by atoms with Gasteiger partial charge >= 0.3 is 18.0 Å². The minimum atomic E-state index is -0.947. The maximum absolute atomic E-state index is 11.6. The molecule has 0 aliphatic heterocycles. The topological polar surface area (TPSA) is 105 Å². The third-order valence-electron chi connectivity index (χ3n) is 2.60. The number of amides is 2. The average Bonchev–Trinajstić information content (AvgIpc) is 2.33. The number of nitrogens with one attached hydrogen (secondary N) is 2. The molecule has 2 unspecified atom stereocenters. The van der Waals surface area contributed by atoms with Gasteiger partial charge in [-0.05, 0) is 26.2 Å². The van der Waals surface area contributed by atoms with Crippen LogP contribution in [0.5, 0.6) is 0 Å². The molecule has 0 aromatic rings. The zero-order valence-corrected chi connectivity index (χ0v) is 12.4. The van der Waals surface area contributed by atoms with Gasteiger partial charge in [-0.1, -0.05) is 13.8 Å². The Kier molecular flexibility index (Phi) is 8.35. The molecule has 3 N–H and O–H groups in total. The number of esters is 1. The van der Waals surface area contributed by atoms with Gasteiger partial charge in [0.05, 0.1) is 12.5 Å². The minimum absolute atomic E-state index is 0.0227. The average molecular weight is 288 g/mol. The molecular weight excluding hydrogens is 264 g/mol. The number of carboxylic acids is 1. The van der Waals surface area contributed by atoms with E-state index in [9.17, 15) is 14.4 Å². The van der Waals surface area contributed by atoms with Crippen LogP contribution in [0.25, 0.3) is 0 Å². The Hall–Kier alpha value is -1.79. The number of hydrogen-bond acceptors (Lipinski definition) is 4. The highest BCUT2D eigenvalue weighted by Gasteiger charge is 2.21. The number of rotatable bonds is 8. The Balaban J connectivity index is 4.19. The summed E-state index contributed by atoms with van der Waals surface area (Å²) in [7, 11) is 0. The molecule has 0 saturated carbocycles. The second-order valence-electron chi connectivity index (χ2n) is 4.99. The van der Waals surface area contributed by atoms with Crippen LogP contribution in [0.1, 0.15) is 34.1 Å². The summed E-state index contributed by atoms with van der Waals surface area (Å²) in [6.45, 7) is 7.27. The van der Waals surface area contributed by atoms with E-state index < -0.39 is 29.9 Å². The monoisotopic (exact) mass is 288 g/mol. The number of carboxylic acid groups (broad SMARTS) is 1.